The summed E-state index contributed by atoms with van der Waals surface area (Å²) < 4.78 is 20.8. The van der Waals surface area contributed by atoms with Crippen LogP contribution in [-0.4, -0.2) is 34.4 Å². The van der Waals surface area contributed by atoms with Gasteiger partial charge in [-0.25, -0.2) is 4.79 Å². The standard InChI is InChI=1S/C19H23NO5/c1-22-15-9-8-13(17(10-15)23-2)11-20-12-14-6-5-7-16(18(14)24-3)19(21)25-4/h5-10,20H,11-12H2,1-4H3. The molecule has 0 unspecified atom stereocenters. The highest BCUT2D eigenvalue weighted by Gasteiger charge is 2.16. The van der Waals surface area contributed by atoms with Gasteiger partial charge in [-0.1, -0.05) is 18.2 Å². The maximum atomic E-state index is 11.8. The monoisotopic (exact) mass is 345 g/mol. The first kappa shape index (κ1) is 18.6. The van der Waals surface area contributed by atoms with Gasteiger partial charge < -0.3 is 24.3 Å². The van der Waals surface area contributed by atoms with E-state index >= 15 is 0 Å². The summed E-state index contributed by atoms with van der Waals surface area (Å²) in [4.78, 5) is 11.8. The van der Waals surface area contributed by atoms with Crippen LogP contribution in [0.1, 0.15) is 21.5 Å². The topological polar surface area (TPSA) is 66.0 Å². The number of carbonyl (C=O) groups excluding carboxylic acids is 1. The lowest BCUT2D eigenvalue weighted by Gasteiger charge is -2.14. The van der Waals surface area contributed by atoms with Crippen molar-refractivity contribution >= 4 is 5.97 Å². The maximum Gasteiger partial charge on any atom is 0.341 e. The molecule has 2 aromatic rings. The zero-order valence-electron chi connectivity index (χ0n) is 14.9. The summed E-state index contributed by atoms with van der Waals surface area (Å²) in [6, 6.07) is 11.1. The van der Waals surface area contributed by atoms with Crippen LogP contribution < -0.4 is 19.5 Å². The molecule has 0 amide bonds. The van der Waals surface area contributed by atoms with E-state index in [-0.39, 0.29) is 0 Å². The van der Waals surface area contributed by atoms with Gasteiger partial charge in [0.15, 0.2) is 0 Å². The minimum absolute atomic E-state index is 0.409. The van der Waals surface area contributed by atoms with E-state index in [9.17, 15) is 4.79 Å². The Bertz CT molecular complexity index is 730. The summed E-state index contributed by atoms with van der Waals surface area (Å²) in [5.74, 6) is 1.59. The molecule has 0 aromatic heterocycles. The molecule has 0 bridgehead atoms. The zero-order valence-corrected chi connectivity index (χ0v) is 14.9. The van der Waals surface area contributed by atoms with E-state index < -0.39 is 5.97 Å². The van der Waals surface area contributed by atoms with Crippen molar-refractivity contribution in [2.45, 2.75) is 13.1 Å². The van der Waals surface area contributed by atoms with Crippen LogP contribution in [0.25, 0.3) is 0 Å². The van der Waals surface area contributed by atoms with E-state index in [2.05, 4.69) is 5.32 Å². The molecular weight excluding hydrogens is 322 g/mol. The van der Waals surface area contributed by atoms with Crippen molar-refractivity contribution in [1.29, 1.82) is 0 Å². The molecule has 134 valence electrons. The molecule has 0 aliphatic carbocycles. The number of ether oxygens (including phenoxy) is 4. The Hall–Kier alpha value is -2.73. The Morgan fingerprint density at radius 3 is 2.32 bits per heavy atom. The fourth-order valence-corrected chi connectivity index (χ4v) is 2.57. The maximum absolute atomic E-state index is 11.8. The number of nitrogens with one attached hydrogen (secondary N) is 1. The summed E-state index contributed by atoms with van der Waals surface area (Å²) in [5, 5.41) is 3.34. The predicted octanol–water partition coefficient (Wildman–Crippen LogP) is 2.79. The van der Waals surface area contributed by atoms with E-state index in [1.54, 1.807) is 26.4 Å². The van der Waals surface area contributed by atoms with Crippen LogP contribution in [0.15, 0.2) is 36.4 Å². The first-order valence-corrected chi connectivity index (χ1v) is 7.80. The lowest BCUT2D eigenvalue weighted by molar-refractivity contribution is 0.0597. The Balaban J connectivity index is 2.11. The first-order chi connectivity index (χ1) is 12.1. The number of rotatable bonds is 8. The second-order valence-corrected chi connectivity index (χ2v) is 5.27. The summed E-state index contributed by atoms with van der Waals surface area (Å²) in [6.45, 7) is 1.13. The van der Waals surface area contributed by atoms with E-state index in [0.29, 0.717) is 24.4 Å². The highest BCUT2D eigenvalue weighted by Crippen LogP contribution is 2.26. The molecule has 0 aliphatic heterocycles. The fraction of sp³-hybridized carbons (Fsp3) is 0.316. The van der Waals surface area contributed by atoms with Gasteiger partial charge in [-0.15, -0.1) is 0 Å². The van der Waals surface area contributed by atoms with Crippen molar-refractivity contribution in [2.75, 3.05) is 28.4 Å². The number of para-hydroxylation sites is 1. The minimum atomic E-state index is -0.421. The largest absolute Gasteiger partial charge is 0.497 e. The van der Waals surface area contributed by atoms with Crippen LogP contribution in [0.2, 0.25) is 0 Å². The van der Waals surface area contributed by atoms with Crippen LogP contribution in [-0.2, 0) is 17.8 Å². The summed E-state index contributed by atoms with van der Waals surface area (Å²) >= 11 is 0. The smallest absolute Gasteiger partial charge is 0.341 e. The highest BCUT2D eigenvalue weighted by atomic mass is 16.5. The van der Waals surface area contributed by atoms with Gasteiger partial charge in [0, 0.05) is 30.3 Å². The first-order valence-electron chi connectivity index (χ1n) is 7.80. The van der Waals surface area contributed by atoms with Gasteiger partial charge in [-0.05, 0) is 12.1 Å². The lowest BCUT2D eigenvalue weighted by atomic mass is 10.1. The second kappa shape index (κ2) is 8.94. The van der Waals surface area contributed by atoms with Crippen LogP contribution in [0.4, 0.5) is 0 Å². The Morgan fingerprint density at radius 2 is 1.68 bits per heavy atom. The molecule has 0 heterocycles. The number of hydrogen-bond acceptors (Lipinski definition) is 6. The van der Waals surface area contributed by atoms with Crippen LogP contribution >= 0.6 is 0 Å². The Labute approximate surface area is 147 Å². The number of benzene rings is 2. The summed E-state index contributed by atoms with van der Waals surface area (Å²) in [7, 11) is 6.13. The number of carbonyl (C=O) groups is 1. The molecule has 0 fully saturated rings. The normalized spacial score (nSPS) is 10.2. The molecule has 2 aromatic carbocycles. The van der Waals surface area contributed by atoms with Gasteiger partial charge in [0.25, 0.3) is 0 Å². The Morgan fingerprint density at radius 1 is 0.920 bits per heavy atom. The third-order valence-corrected chi connectivity index (χ3v) is 3.83. The van der Waals surface area contributed by atoms with Crippen LogP contribution in [0, 0.1) is 0 Å². The minimum Gasteiger partial charge on any atom is -0.497 e. The van der Waals surface area contributed by atoms with Crippen molar-refractivity contribution in [3.05, 3.63) is 53.1 Å². The molecule has 0 aliphatic rings. The van der Waals surface area contributed by atoms with E-state index in [1.165, 1.54) is 14.2 Å². The third-order valence-electron chi connectivity index (χ3n) is 3.83. The molecule has 1 N–H and O–H groups in total. The molecule has 25 heavy (non-hydrogen) atoms. The third kappa shape index (κ3) is 4.42. The highest BCUT2D eigenvalue weighted by molar-refractivity contribution is 5.92. The fourth-order valence-electron chi connectivity index (χ4n) is 2.57. The number of esters is 1. The van der Waals surface area contributed by atoms with E-state index in [0.717, 1.165) is 22.6 Å². The van der Waals surface area contributed by atoms with Crippen molar-refractivity contribution in [1.82, 2.24) is 5.32 Å². The predicted molar refractivity (Wildman–Crippen MR) is 94.4 cm³/mol. The molecule has 6 nitrogen and oxygen atoms in total. The van der Waals surface area contributed by atoms with E-state index in [1.807, 2.05) is 24.3 Å². The molecule has 0 atom stereocenters. The molecule has 2 rings (SSSR count). The van der Waals surface area contributed by atoms with Crippen molar-refractivity contribution < 1.29 is 23.7 Å². The Kier molecular flexibility index (Phi) is 6.65. The molecule has 0 radical (unpaired) electrons. The molecule has 0 spiro atoms. The second-order valence-electron chi connectivity index (χ2n) is 5.27. The van der Waals surface area contributed by atoms with Crippen molar-refractivity contribution in [2.24, 2.45) is 0 Å². The van der Waals surface area contributed by atoms with Gasteiger partial charge in [-0.2, -0.15) is 0 Å². The number of methoxy groups -OCH3 is 4. The number of hydrogen-bond donors (Lipinski definition) is 1. The van der Waals surface area contributed by atoms with Gasteiger partial charge in [-0.3, -0.25) is 0 Å². The average molecular weight is 345 g/mol. The van der Waals surface area contributed by atoms with Gasteiger partial charge in [0.1, 0.15) is 22.8 Å². The molecular formula is C19H23NO5. The zero-order chi connectivity index (χ0) is 18.2. The van der Waals surface area contributed by atoms with Crippen molar-refractivity contribution in [3.8, 4) is 17.2 Å². The van der Waals surface area contributed by atoms with Crippen molar-refractivity contribution in [3.63, 3.8) is 0 Å². The quantitative estimate of drug-likeness (QED) is 0.742. The average Bonchev–Trinajstić information content (AvgIpc) is 2.67. The van der Waals surface area contributed by atoms with Gasteiger partial charge in [0.05, 0.1) is 28.4 Å². The van der Waals surface area contributed by atoms with Gasteiger partial charge >= 0.3 is 5.97 Å². The molecule has 6 heteroatoms. The summed E-state index contributed by atoms with van der Waals surface area (Å²) in [6.07, 6.45) is 0. The van der Waals surface area contributed by atoms with Crippen LogP contribution in [0.3, 0.4) is 0 Å². The molecule has 0 saturated heterocycles. The van der Waals surface area contributed by atoms with Crippen LogP contribution in [0.5, 0.6) is 17.2 Å². The summed E-state index contributed by atoms with van der Waals surface area (Å²) in [5.41, 5.74) is 2.29. The van der Waals surface area contributed by atoms with Gasteiger partial charge in [0.2, 0.25) is 0 Å². The SMILES string of the molecule is COC(=O)c1cccc(CNCc2ccc(OC)cc2OC)c1OC. The van der Waals surface area contributed by atoms with E-state index in [4.69, 9.17) is 18.9 Å². The lowest BCUT2D eigenvalue weighted by Crippen LogP contribution is -2.15. The molecule has 0 saturated carbocycles.